The summed E-state index contributed by atoms with van der Waals surface area (Å²) in [5, 5.41) is 0. The quantitative estimate of drug-likeness (QED) is 0.443. The lowest BCUT2D eigenvalue weighted by atomic mass is 9.67. The SMILES string of the molecule is COC(=O)C1C=CC=CC1(CNOCC1CCCCC1)c1ccccc1C. The lowest BCUT2D eigenvalue weighted by Crippen LogP contribution is -2.47. The first-order chi connectivity index (χ1) is 13.2. The molecule has 0 saturated heterocycles. The van der Waals surface area contributed by atoms with Gasteiger partial charge in [0.1, 0.15) is 0 Å². The Morgan fingerprint density at radius 1 is 1.19 bits per heavy atom. The number of hydrogen-bond donors (Lipinski definition) is 1. The van der Waals surface area contributed by atoms with E-state index in [1.54, 1.807) is 0 Å². The summed E-state index contributed by atoms with van der Waals surface area (Å²) in [5.41, 5.74) is 4.93. The van der Waals surface area contributed by atoms with Gasteiger partial charge in [-0.25, -0.2) is 5.48 Å². The number of rotatable bonds is 7. The Bertz CT molecular complexity index is 691. The van der Waals surface area contributed by atoms with E-state index in [9.17, 15) is 4.79 Å². The molecule has 0 amide bonds. The molecule has 146 valence electrons. The Balaban J connectivity index is 1.78. The van der Waals surface area contributed by atoms with Gasteiger partial charge in [0.25, 0.3) is 0 Å². The number of carbonyl (C=O) groups is 1. The number of aryl methyl sites for hydroxylation is 1. The molecule has 1 saturated carbocycles. The molecule has 2 aliphatic carbocycles. The summed E-state index contributed by atoms with van der Waals surface area (Å²) in [5.74, 6) is 0.0196. The summed E-state index contributed by atoms with van der Waals surface area (Å²) in [6, 6.07) is 8.22. The van der Waals surface area contributed by atoms with E-state index >= 15 is 0 Å². The van der Waals surface area contributed by atoms with Crippen molar-refractivity contribution in [2.45, 2.75) is 44.4 Å². The van der Waals surface area contributed by atoms with Gasteiger partial charge in [0, 0.05) is 12.0 Å². The van der Waals surface area contributed by atoms with Gasteiger partial charge in [-0.05, 0) is 36.8 Å². The van der Waals surface area contributed by atoms with E-state index in [-0.39, 0.29) is 11.9 Å². The third kappa shape index (κ3) is 4.50. The van der Waals surface area contributed by atoms with Crippen molar-refractivity contribution in [1.29, 1.82) is 0 Å². The first-order valence-corrected chi connectivity index (χ1v) is 10.0. The minimum atomic E-state index is -0.528. The third-order valence-corrected chi connectivity index (χ3v) is 5.98. The third-order valence-electron chi connectivity index (χ3n) is 5.98. The van der Waals surface area contributed by atoms with Crippen LogP contribution in [0.1, 0.15) is 43.2 Å². The van der Waals surface area contributed by atoms with Crippen molar-refractivity contribution >= 4 is 5.97 Å². The predicted molar refractivity (Wildman–Crippen MR) is 107 cm³/mol. The fourth-order valence-electron chi connectivity index (χ4n) is 4.41. The summed E-state index contributed by atoms with van der Waals surface area (Å²) >= 11 is 0. The van der Waals surface area contributed by atoms with Gasteiger partial charge in [0.15, 0.2) is 0 Å². The van der Waals surface area contributed by atoms with E-state index in [0.717, 1.165) is 17.7 Å². The fraction of sp³-hybridized carbons (Fsp3) is 0.522. The lowest BCUT2D eigenvalue weighted by Gasteiger charge is -2.38. The second kappa shape index (κ2) is 9.34. The first kappa shape index (κ1) is 19.8. The lowest BCUT2D eigenvalue weighted by molar-refractivity contribution is -0.145. The molecule has 1 aromatic carbocycles. The van der Waals surface area contributed by atoms with Gasteiger partial charge in [-0.1, -0.05) is 67.8 Å². The van der Waals surface area contributed by atoms with Crippen LogP contribution in [0.25, 0.3) is 0 Å². The maximum atomic E-state index is 12.6. The second-order valence-electron chi connectivity index (χ2n) is 7.74. The van der Waals surface area contributed by atoms with E-state index in [2.05, 4.69) is 30.6 Å². The monoisotopic (exact) mass is 369 g/mol. The van der Waals surface area contributed by atoms with Crippen molar-refractivity contribution in [3.05, 3.63) is 59.7 Å². The molecule has 1 aromatic rings. The van der Waals surface area contributed by atoms with Crippen LogP contribution >= 0.6 is 0 Å². The number of benzene rings is 1. The van der Waals surface area contributed by atoms with Gasteiger partial charge in [-0.15, -0.1) is 0 Å². The molecule has 0 spiro atoms. The first-order valence-electron chi connectivity index (χ1n) is 10.0. The van der Waals surface area contributed by atoms with Crippen molar-refractivity contribution in [3.8, 4) is 0 Å². The van der Waals surface area contributed by atoms with Crippen LogP contribution in [0, 0.1) is 18.8 Å². The molecule has 0 radical (unpaired) electrons. The average molecular weight is 370 g/mol. The Morgan fingerprint density at radius 2 is 1.96 bits per heavy atom. The standard InChI is InChI=1S/C23H31NO3/c1-18-10-6-7-13-20(18)23(15-9-8-14-21(23)22(25)26-2)17-24-27-16-19-11-4-3-5-12-19/h6-10,13-15,19,21,24H,3-5,11-12,16-17H2,1-2H3. The van der Waals surface area contributed by atoms with Gasteiger partial charge in [-0.3, -0.25) is 4.79 Å². The molecule has 27 heavy (non-hydrogen) atoms. The molecule has 3 rings (SSSR count). The Hall–Kier alpha value is -1.91. The highest BCUT2D eigenvalue weighted by atomic mass is 16.6. The van der Waals surface area contributed by atoms with Crippen molar-refractivity contribution in [1.82, 2.24) is 5.48 Å². The molecule has 2 unspecified atom stereocenters. The van der Waals surface area contributed by atoms with Gasteiger partial charge in [0.2, 0.25) is 0 Å². The molecule has 4 nitrogen and oxygen atoms in total. The Morgan fingerprint density at radius 3 is 2.70 bits per heavy atom. The maximum absolute atomic E-state index is 12.6. The highest BCUT2D eigenvalue weighted by Gasteiger charge is 2.43. The molecule has 0 heterocycles. The van der Waals surface area contributed by atoms with Crippen LogP contribution in [0.5, 0.6) is 0 Å². The Kier molecular flexibility index (Phi) is 6.86. The van der Waals surface area contributed by atoms with Crippen LogP contribution in [0.15, 0.2) is 48.6 Å². The highest BCUT2D eigenvalue weighted by Crippen LogP contribution is 2.39. The average Bonchev–Trinajstić information content (AvgIpc) is 2.72. The second-order valence-corrected chi connectivity index (χ2v) is 7.74. The molecule has 0 aliphatic heterocycles. The molecule has 2 aliphatic rings. The van der Waals surface area contributed by atoms with E-state index < -0.39 is 5.41 Å². The van der Waals surface area contributed by atoms with E-state index in [0.29, 0.717) is 12.5 Å². The predicted octanol–water partition coefficient (Wildman–Crippen LogP) is 4.25. The Labute approximate surface area is 162 Å². The molecule has 0 bridgehead atoms. The largest absolute Gasteiger partial charge is 0.469 e. The number of hydroxylamine groups is 1. The number of nitrogens with one attached hydrogen (secondary N) is 1. The molecule has 1 N–H and O–H groups in total. The number of esters is 1. The van der Waals surface area contributed by atoms with Crippen molar-refractivity contribution < 1.29 is 14.4 Å². The zero-order valence-corrected chi connectivity index (χ0v) is 16.4. The molecule has 4 heteroatoms. The minimum absolute atomic E-state index is 0.229. The maximum Gasteiger partial charge on any atom is 0.313 e. The van der Waals surface area contributed by atoms with Gasteiger partial charge in [0.05, 0.1) is 19.6 Å². The number of hydrogen-bond acceptors (Lipinski definition) is 4. The summed E-state index contributed by atoms with van der Waals surface area (Å²) in [7, 11) is 1.45. The molecule has 0 aromatic heterocycles. The number of ether oxygens (including phenoxy) is 1. The highest BCUT2D eigenvalue weighted by molar-refractivity contribution is 5.78. The fourth-order valence-corrected chi connectivity index (χ4v) is 4.41. The van der Waals surface area contributed by atoms with Crippen LogP contribution in [0.3, 0.4) is 0 Å². The van der Waals surface area contributed by atoms with Crippen molar-refractivity contribution in [2.24, 2.45) is 11.8 Å². The number of allylic oxidation sites excluding steroid dienone is 2. The summed E-state index contributed by atoms with van der Waals surface area (Å²) in [6.07, 6.45) is 14.4. The van der Waals surface area contributed by atoms with Crippen LogP contribution < -0.4 is 5.48 Å². The van der Waals surface area contributed by atoms with Gasteiger partial charge in [-0.2, -0.15) is 0 Å². The summed E-state index contributed by atoms with van der Waals surface area (Å²) in [6.45, 7) is 3.33. The molecular weight excluding hydrogens is 338 g/mol. The van der Waals surface area contributed by atoms with Crippen LogP contribution in [0.2, 0.25) is 0 Å². The normalized spacial score (nSPS) is 25.5. The smallest absolute Gasteiger partial charge is 0.313 e. The zero-order chi connectivity index (χ0) is 19.1. The summed E-state index contributed by atoms with van der Waals surface area (Å²) in [4.78, 5) is 18.4. The molecular formula is C23H31NO3. The van der Waals surface area contributed by atoms with E-state index in [4.69, 9.17) is 9.57 Å². The minimum Gasteiger partial charge on any atom is -0.469 e. The number of carbonyl (C=O) groups excluding carboxylic acids is 1. The summed E-state index contributed by atoms with van der Waals surface area (Å²) < 4.78 is 5.12. The van der Waals surface area contributed by atoms with Crippen molar-refractivity contribution in [3.63, 3.8) is 0 Å². The van der Waals surface area contributed by atoms with Crippen LogP contribution in [-0.2, 0) is 19.8 Å². The van der Waals surface area contributed by atoms with Crippen LogP contribution in [0.4, 0.5) is 0 Å². The van der Waals surface area contributed by atoms with E-state index in [1.807, 2.05) is 30.4 Å². The van der Waals surface area contributed by atoms with Crippen molar-refractivity contribution in [2.75, 3.05) is 20.3 Å². The molecule has 1 fully saturated rings. The topological polar surface area (TPSA) is 47.6 Å². The van der Waals surface area contributed by atoms with Gasteiger partial charge >= 0.3 is 5.97 Å². The van der Waals surface area contributed by atoms with Crippen LogP contribution in [-0.4, -0.2) is 26.2 Å². The zero-order valence-electron chi connectivity index (χ0n) is 16.4. The molecule has 2 atom stereocenters. The van der Waals surface area contributed by atoms with E-state index in [1.165, 1.54) is 39.2 Å². The van der Waals surface area contributed by atoms with Gasteiger partial charge < -0.3 is 9.57 Å². The number of methoxy groups -OCH3 is 1.